The van der Waals surface area contributed by atoms with Gasteiger partial charge in [0.15, 0.2) is 0 Å². The second-order valence-electron chi connectivity index (χ2n) is 4.86. The predicted octanol–water partition coefficient (Wildman–Crippen LogP) is 1.01. The van der Waals surface area contributed by atoms with Crippen LogP contribution in [0, 0.1) is 0 Å². The van der Waals surface area contributed by atoms with E-state index in [4.69, 9.17) is 0 Å². The summed E-state index contributed by atoms with van der Waals surface area (Å²) in [6.45, 7) is 1.35. The molecule has 0 atom stereocenters. The molecule has 20 heavy (non-hydrogen) atoms. The van der Waals surface area contributed by atoms with Gasteiger partial charge >= 0.3 is 0 Å². The van der Waals surface area contributed by atoms with E-state index in [1.165, 1.54) is 17.3 Å². The Morgan fingerprint density at radius 3 is 2.35 bits per heavy atom. The Kier molecular flexibility index (Phi) is 3.33. The van der Waals surface area contributed by atoms with Crippen LogP contribution in [-0.4, -0.2) is 33.9 Å². The van der Waals surface area contributed by atoms with Crippen molar-refractivity contribution in [3.05, 3.63) is 63.8 Å². The van der Waals surface area contributed by atoms with E-state index in [0.29, 0.717) is 13.1 Å². The molecule has 2 aromatic rings. The molecule has 0 radical (unpaired) electrons. The standard InChI is InChI=1S/C15H15N3O2/c19-14-10-16-13(9-17-14)15(20)18-7-5-11-3-1-2-4-12(11)6-8-18/h1-4,9-10H,5-8H2,(H,17,19). The minimum Gasteiger partial charge on any atom is -0.337 e. The van der Waals surface area contributed by atoms with Crippen molar-refractivity contribution < 1.29 is 4.79 Å². The normalized spacial score (nSPS) is 14.5. The average molecular weight is 269 g/mol. The number of hydrogen-bond acceptors (Lipinski definition) is 3. The van der Waals surface area contributed by atoms with Gasteiger partial charge in [0.1, 0.15) is 5.69 Å². The number of amides is 1. The Hall–Kier alpha value is -2.43. The number of nitrogens with zero attached hydrogens (tertiary/aromatic N) is 2. The van der Waals surface area contributed by atoms with Gasteiger partial charge in [0.2, 0.25) is 0 Å². The zero-order valence-electron chi connectivity index (χ0n) is 11.0. The van der Waals surface area contributed by atoms with Gasteiger partial charge in [0, 0.05) is 19.3 Å². The maximum absolute atomic E-state index is 12.4. The summed E-state index contributed by atoms with van der Waals surface area (Å²) in [7, 11) is 0. The molecule has 1 aliphatic rings. The van der Waals surface area contributed by atoms with Crippen molar-refractivity contribution in [2.75, 3.05) is 13.1 Å². The first kappa shape index (κ1) is 12.6. The molecule has 0 saturated heterocycles. The van der Waals surface area contributed by atoms with Crippen molar-refractivity contribution in [1.82, 2.24) is 14.9 Å². The Labute approximate surface area is 116 Å². The summed E-state index contributed by atoms with van der Waals surface area (Å²) in [4.78, 5) is 31.5. The number of nitrogens with one attached hydrogen (secondary N) is 1. The number of hydrogen-bond donors (Lipinski definition) is 1. The lowest BCUT2D eigenvalue weighted by Crippen LogP contribution is -2.34. The lowest BCUT2D eigenvalue weighted by atomic mass is 10.0. The smallest absolute Gasteiger partial charge is 0.273 e. The van der Waals surface area contributed by atoms with Crippen molar-refractivity contribution in [3.8, 4) is 0 Å². The first-order chi connectivity index (χ1) is 9.74. The molecule has 1 N–H and O–H groups in total. The highest BCUT2D eigenvalue weighted by Crippen LogP contribution is 2.16. The zero-order chi connectivity index (χ0) is 13.9. The van der Waals surface area contributed by atoms with E-state index >= 15 is 0 Å². The highest BCUT2D eigenvalue weighted by molar-refractivity contribution is 5.92. The van der Waals surface area contributed by atoms with E-state index in [0.717, 1.165) is 19.0 Å². The van der Waals surface area contributed by atoms with Crippen LogP contribution in [0.4, 0.5) is 0 Å². The van der Waals surface area contributed by atoms with E-state index in [-0.39, 0.29) is 17.2 Å². The number of aromatic nitrogens is 2. The summed E-state index contributed by atoms with van der Waals surface area (Å²) in [6.07, 6.45) is 4.22. The van der Waals surface area contributed by atoms with Crippen molar-refractivity contribution in [1.29, 1.82) is 0 Å². The van der Waals surface area contributed by atoms with Crippen LogP contribution in [0.25, 0.3) is 0 Å². The summed E-state index contributed by atoms with van der Waals surface area (Å²) in [5.41, 5.74) is 2.59. The zero-order valence-corrected chi connectivity index (χ0v) is 11.0. The van der Waals surface area contributed by atoms with E-state index < -0.39 is 0 Å². The lowest BCUT2D eigenvalue weighted by molar-refractivity contribution is 0.0756. The van der Waals surface area contributed by atoms with Crippen LogP contribution in [-0.2, 0) is 12.8 Å². The monoisotopic (exact) mass is 269 g/mol. The molecule has 1 aliphatic heterocycles. The summed E-state index contributed by atoms with van der Waals surface area (Å²) in [6, 6.07) is 8.28. The van der Waals surface area contributed by atoms with Gasteiger partial charge in [-0.1, -0.05) is 24.3 Å². The van der Waals surface area contributed by atoms with Crippen molar-refractivity contribution in [3.63, 3.8) is 0 Å². The number of benzene rings is 1. The third-order valence-corrected chi connectivity index (χ3v) is 3.60. The molecule has 0 bridgehead atoms. The Bertz CT molecular complexity index is 646. The maximum atomic E-state index is 12.4. The van der Waals surface area contributed by atoms with Gasteiger partial charge < -0.3 is 9.88 Å². The first-order valence-electron chi connectivity index (χ1n) is 6.65. The van der Waals surface area contributed by atoms with Gasteiger partial charge in [-0.15, -0.1) is 0 Å². The molecule has 0 aliphatic carbocycles. The molecule has 1 aromatic carbocycles. The van der Waals surface area contributed by atoms with E-state index in [1.807, 2.05) is 12.1 Å². The Morgan fingerprint density at radius 1 is 1.15 bits per heavy atom. The summed E-state index contributed by atoms with van der Waals surface area (Å²) in [5, 5.41) is 0. The van der Waals surface area contributed by atoms with Crippen LogP contribution in [0.2, 0.25) is 0 Å². The van der Waals surface area contributed by atoms with Gasteiger partial charge in [-0.3, -0.25) is 9.59 Å². The summed E-state index contributed by atoms with van der Waals surface area (Å²) in [5.74, 6) is -0.131. The van der Waals surface area contributed by atoms with Crippen LogP contribution < -0.4 is 5.56 Å². The maximum Gasteiger partial charge on any atom is 0.273 e. The molecule has 0 unspecified atom stereocenters. The van der Waals surface area contributed by atoms with Crippen molar-refractivity contribution in [2.45, 2.75) is 12.8 Å². The summed E-state index contributed by atoms with van der Waals surface area (Å²) >= 11 is 0. The molecular weight excluding hydrogens is 254 g/mol. The molecule has 0 fully saturated rings. The number of aromatic amines is 1. The van der Waals surface area contributed by atoms with Gasteiger partial charge in [-0.05, 0) is 24.0 Å². The van der Waals surface area contributed by atoms with Gasteiger partial charge in [0.25, 0.3) is 11.5 Å². The van der Waals surface area contributed by atoms with Crippen LogP contribution in [0.3, 0.4) is 0 Å². The summed E-state index contributed by atoms with van der Waals surface area (Å²) < 4.78 is 0. The molecule has 0 saturated carbocycles. The molecule has 2 heterocycles. The average Bonchev–Trinajstić information content (AvgIpc) is 2.70. The van der Waals surface area contributed by atoms with Crippen LogP contribution in [0.5, 0.6) is 0 Å². The highest BCUT2D eigenvalue weighted by atomic mass is 16.2. The van der Waals surface area contributed by atoms with Crippen molar-refractivity contribution >= 4 is 5.91 Å². The van der Waals surface area contributed by atoms with E-state index in [2.05, 4.69) is 22.1 Å². The quantitative estimate of drug-likeness (QED) is 0.840. The van der Waals surface area contributed by atoms with Crippen LogP contribution in [0.1, 0.15) is 21.6 Å². The fourth-order valence-corrected chi connectivity index (χ4v) is 2.49. The van der Waals surface area contributed by atoms with Crippen molar-refractivity contribution in [2.24, 2.45) is 0 Å². The predicted molar refractivity (Wildman–Crippen MR) is 74.6 cm³/mol. The molecule has 0 spiro atoms. The fourth-order valence-electron chi connectivity index (χ4n) is 2.49. The largest absolute Gasteiger partial charge is 0.337 e. The minimum absolute atomic E-state index is 0.131. The van der Waals surface area contributed by atoms with Gasteiger partial charge in [-0.2, -0.15) is 0 Å². The molecule has 1 amide bonds. The molecule has 3 rings (SSSR count). The fraction of sp³-hybridized carbons (Fsp3) is 0.267. The van der Waals surface area contributed by atoms with Gasteiger partial charge in [0.05, 0.1) is 6.20 Å². The molecule has 5 nitrogen and oxygen atoms in total. The Morgan fingerprint density at radius 2 is 1.80 bits per heavy atom. The third-order valence-electron chi connectivity index (χ3n) is 3.60. The van der Waals surface area contributed by atoms with Crippen LogP contribution >= 0.6 is 0 Å². The van der Waals surface area contributed by atoms with E-state index in [1.54, 1.807) is 4.90 Å². The molecular formula is C15H15N3O2. The second kappa shape index (κ2) is 5.28. The number of carbonyl (C=O) groups excluding carboxylic acids is 1. The molecule has 1 aromatic heterocycles. The number of rotatable bonds is 1. The number of H-pyrrole nitrogens is 1. The molecule has 5 heteroatoms. The number of carbonyl (C=O) groups is 1. The molecule has 102 valence electrons. The second-order valence-corrected chi connectivity index (χ2v) is 4.86. The van der Waals surface area contributed by atoms with Gasteiger partial charge in [-0.25, -0.2) is 4.98 Å². The third kappa shape index (κ3) is 2.47. The van der Waals surface area contributed by atoms with E-state index in [9.17, 15) is 9.59 Å². The topological polar surface area (TPSA) is 66.1 Å². The highest BCUT2D eigenvalue weighted by Gasteiger charge is 2.20. The number of fused-ring (bicyclic) bond motifs is 1. The lowest BCUT2D eigenvalue weighted by Gasteiger charge is -2.19. The van der Waals surface area contributed by atoms with Crippen LogP contribution in [0.15, 0.2) is 41.5 Å². The SMILES string of the molecule is O=C(c1c[nH]c(=O)cn1)N1CCc2ccccc2CC1. The minimum atomic E-state index is -0.301. The Balaban J connectivity index is 1.78. The first-order valence-corrected chi connectivity index (χ1v) is 6.65.